The molecule has 7 nitrogen and oxygen atoms in total. The predicted molar refractivity (Wildman–Crippen MR) is 132 cm³/mol. The molecule has 2 bridgehead atoms. The molecular formula is C23H23N7S2. The molecule has 0 saturated carbocycles. The van der Waals surface area contributed by atoms with Gasteiger partial charge in [0.05, 0.1) is 11.7 Å². The molecule has 1 unspecified atom stereocenters. The maximum absolute atomic E-state index is 4.99. The molecule has 9 heteroatoms. The molecule has 0 spiro atoms. The van der Waals surface area contributed by atoms with Crippen LogP contribution in [-0.2, 0) is 0 Å². The number of nitrogens with zero attached hydrogens (tertiary/aromatic N) is 4. The van der Waals surface area contributed by atoms with Crippen LogP contribution in [0.1, 0.15) is 25.7 Å². The van der Waals surface area contributed by atoms with Gasteiger partial charge in [-0.1, -0.05) is 28.7 Å². The predicted octanol–water partition coefficient (Wildman–Crippen LogP) is 5.01. The van der Waals surface area contributed by atoms with E-state index in [0.29, 0.717) is 18.1 Å². The van der Waals surface area contributed by atoms with Gasteiger partial charge in [-0.05, 0) is 43.4 Å². The van der Waals surface area contributed by atoms with Crippen molar-refractivity contribution < 1.29 is 0 Å². The van der Waals surface area contributed by atoms with Crippen molar-refractivity contribution in [2.75, 3.05) is 11.9 Å². The summed E-state index contributed by atoms with van der Waals surface area (Å²) in [5, 5.41) is 14.0. The van der Waals surface area contributed by atoms with E-state index in [-0.39, 0.29) is 0 Å². The van der Waals surface area contributed by atoms with E-state index in [4.69, 9.17) is 9.97 Å². The number of hydrogen-bond acceptors (Lipinski definition) is 7. The number of piperidine rings is 1. The van der Waals surface area contributed by atoms with Gasteiger partial charge < -0.3 is 15.2 Å². The Bertz CT molecular complexity index is 1370. The molecule has 0 amide bonds. The van der Waals surface area contributed by atoms with Crippen LogP contribution in [0.15, 0.2) is 36.8 Å². The van der Waals surface area contributed by atoms with Gasteiger partial charge in [0.25, 0.3) is 0 Å². The van der Waals surface area contributed by atoms with Gasteiger partial charge in [0.15, 0.2) is 14.8 Å². The SMILES string of the molecule is CN(c1nc2sc(-c3ccc(-c4cn[nH]c4)c4cc[nH]c34)nc2s1)C1C[C@H]2CC[C@@H](C1)N2. The van der Waals surface area contributed by atoms with Crippen LogP contribution in [0.5, 0.6) is 0 Å². The summed E-state index contributed by atoms with van der Waals surface area (Å²) in [6.07, 6.45) is 10.8. The van der Waals surface area contributed by atoms with E-state index in [1.807, 2.05) is 18.6 Å². The molecule has 0 aliphatic carbocycles. The Morgan fingerprint density at radius 3 is 2.59 bits per heavy atom. The third-order valence-corrected chi connectivity index (χ3v) is 9.18. The molecule has 162 valence electrons. The molecule has 6 heterocycles. The largest absolute Gasteiger partial charge is 0.361 e. The van der Waals surface area contributed by atoms with Crippen LogP contribution in [0.4, 0.5) is 5.13 Å². The number of anilines is 1. The minimum Gasteiger partial charge on any atom is -0.361 e. The van der Waals surface area contributed by atoms with Gasteiger partial charge in [0, 0.05) is 54.1 Å². The average molecular weight is 462 g/mol. The first-order valence-corrected chi connectivity index (χ1v) is 12.7. The lowest BCUT2D eigenvalue weighted by atomic mass is 9.99. The fourth-order valence-electron chi connectivity index (χ4n) is 5.38. The molecule has 2 aliphatic heterocycles. The first kappa shape index (κ1) is 18.8. The van der Waals surface area contributed by atoms with Crippen LogP contribution in [0.25, 0.3) is 42.3 Å². The Hall–Kier alpha value is -2.75. The van der Waals surface area contributed by atoms with E-state index < -0.39 is 0 Å². The van der Waals surface area contributed by atoms with Gasteiger partial charge in [0.2, 0.25) is 0 Å². The Morgan fingerprint density at radius 2 is 1.81 bits per heavy atom. The zero-order valence-corrected chi connectivity index (χ0v) is 19.3. The second-order valence-corrected chi connectivity index (χ2v) is 10.8. The summed E-state index contributed by atoms with van der Waals surface area (Å²) in [6.45, 7) is 0. The summed E-state index contributed by atoms with van der Waals surface area (Å²) in [7, 11) is 2.20. The summed E-state index contributed by atoms with van der Waals surface area (Å²) in [6, 6.07) is 8.36. The summed E-state index contributed by atoms with van der Waals surface area (Å²) in [5.41, 5.74) is 4.47. The van der Waals surface area contributed by atoms with Crippen molar-refractivity contribution in [2.45, 2.75) is 43.8 Å². The van der Waals surface area contributed by atoms with Crippen LogP contribution in [-0.4, -0.2) is 50.3 Å². The topological polar surface area (TPSA) is 85.5 Å². The van der Waals surface area contributed by atoms with Crippen LogP contribution >= 0.6 is 22.7 Å². The van der Waals surface area contributed by atoms with E-state index in [1.165, 1.54) is 31.1 Å². The highest BCUT2D eigenvalue weighted by molar-refractivity contribution is 7.29. The van der Waals surface area contributed by atoms with Crippen molar-refractivity contribution in [2.24, 2.45) is 0 Å². The lowest BCUT2D eigenvalue weighted by Gasteiger charge is -2.35. The zero-order chi connectivity index (χ0) is 21.2. The van der Waals surface area contributed by atoms with Gasteiger partial charge in [-0.15, -0.1) is 0 Å². The molecule has 1 aromatic carbocycles. The average Bonchev–Trinajstić information content (AvgIpc) is 3.60. The fourth-order valence-corrected chi connectivity index (χ4v) is 7.49. The zero-order valence-electron chi connectivity index (χ0n) is 17.6. The van der Waals surface area contributed by atoms with E-state index in [0.717, 1.165) is 42.0 Å². The van der Waals surface area contributed by atoms with Crippen LogP contribution < -0.4 is 10.2 Å². The second kappa shape index (κ2) is 7.13. The third-order valence-electron chi connectivity index (χ3n) is 7.02. The van der Waals surface area contributed by atoms with E-state index in [9.17, 15) is 0 Å². The van der Waals surface area contributed by atoms with E-state index in [1.54, 1.807) is 22.7 Å². The lowest BCUT2D eigenvalue weighted by molar-refractivity contribution is 0.354. The van der Waals surface area contributed by atoms with Crippen LogP contribution in [0, 0.1) is 0 Å². The summed E-state index contributed by atoms with van der Waals surface area (Å²) in [4.78, 5) is 17.9. The quantitative estimate of drug-likeness (QED) is 0.350. The van der Waals surface area contributed by atoms with E-state index >= 15 is 0 Å². The first-order chi connectivity index (χ1) is 15.7. The highest BCUT2D eigenvalue weighted by atomic mass is 32.1. The molecule has 4 aromatic heterocycles. The number of aromatic nitrogens is 5. The molecule has 5 aromatic rings. The van der Waals surface area contributed by atoms with Crippen molar-refractivity contribution in [3.05, 3.63) is 36.8 Å². The maximum atomic E-state index is 4.99. The molecule has 2 aliphatic rings. The molecule has 2 fully saturated rings. The maximum Gasteiger partial charge on any atom is 0.188 e. The molecule has 7 rings (SSSR count). The Balaban J connectivity index is 1.22. The molecule has 0 radical (unpaired) electrons. The standard InChI is InChI=1S/C23H23N7S2/c1-30(15-8-13-2-3-14(9-15)27-13)23-29-22-21(32-23)28-20(31-22)18-5-4-16(12-10-25-26-11-12)17-6-7-24-19(17)18/h4-7,10-11,13-15,24,27H,2-3,8-9H2,1H3,(H,25,26)/t13-,14+,15?. The Labute approximate surface area is 192 Å². The normalized spacial score (nSPS) is 22.8. The minimum absolute atomic E-state index is 0.572. The van der Waals surface area contributed by atoms with Gasteiger partial charge in [-0.3, -0.25) is 5.10 Å². The molecular weight excluding hydrogens is 438 g/mol. The number of fused-ring (bicyclic) bond motifs is 4. The number of rotatable bonds is 4. The van der Waals surface area contributed by atoms with Crippen molar-refractivity contribution in [1.29, 1.82) is 0 Å². The summed E-state index contributed by atoms with van der Waals surface area (Å²) < 4.78 is 0. The second-order valence-electron chi connectivity index (χ2n) is 8.91. The van der Waals surface area contributed by atoms with Crippen LogP contribution in [0.3, 0.4) is 0 Å². The van der Waals surface area contributed by atoms with Gasteiger partial charge in [-0.2, -0.15) is 5.10 Å². The van der Waals surface area contributed by atoms with Gasteiger partial charge in [-0.25, -0.2) is 9.97 Å². The lowest BCUT2D eigenvalue weighted by Crippen LogP contribution is -2.47. The van der Waals surface area contributed by atoms with Gasteiger partial charge in [0.1, 0.15) is 5.01 Å². The van der Waals surface area contributed by atoms with Crippen molar-refractivity contribution >= 4 is 48.4 Å². The Kier molecular flexibility index (Phi) is 4.18. The number of H-pyrrole nitrogens is 2. The third kappa shape index (κ3) is 2.92. The summed E-state index contributed by atoms with van der Waals surface area (Å²) >= 11 is 3.40. The van der Waals surface area contributed by atoms with Crippen molar-refractivity contribution in [3.8, 4) is 21.7 Å². The van der Waals surface area contributed by atoms with Crippen LogP contribution in [0.2, 0.25) is 0 Å². The minimum atomic E-state index is 0.572. The fraction of sp³-hybridized carbons (Fsp3) is 0.348. The van der Waals surface area contributed by atoms with Crippen molar-refractivity contribution in [1.82, 2.24) is 30.5 Å². The van der Waals surface area contributed by atoms with E-state index in [2.05, 4.69) is 50.6 Å². The first-order valence-electron chi connectivity index (χ1n) is 11.1. The molecule has 32 heavy (non-hydrogen) atoms. The highest BCUT2D eigenvalue weighted by Crippen LogP contribution is 2.41. The number of nitrogens with one attached hydrogen (secondary N) is 3. The molecule has 2 saturated heterocycles. The monoisotopic (exact) mass is 461 g/mol. The molecule has 3 atom stereocenters. The number of hydrogen-bond donors (Lipinski definition) is 3. The van der Waals surface area contributed by atoms with Gasteiger partial charge >= 0.3 is 0 Å². The Morgan fingerprint density at radius 1 is 1.00 bits per heavy atom. The smallest absolute Gasteiger partial charge is 0.188 e. The highest BCUT2D eigenvalue weighted by Gasteiger charge is 2.36. The number of benzene rings is 1. The molecule has 3 N–H and O–H groups in total. The van der Waals surface area contributed by atoms with Crippen molar-refractivity contribution in [3.63, 3.8) is 0 Å². The number of thiazole rings is 2. The summed E-state index contributed by atoms with van der Waals surface area (Å²) in [5.74, 6) is 0. The number of aromatic amines is 2.